The smallest absolute Gasteiger partial charge is 0.0663 e. The normalized spacial score (nSPS) is 13.6. The van der Waals surface area contributed by atoms with Crippen molar-refractivity contribution in [2.24, 2.45) is 5.73 Å². The van der Waals surface area contributed by atoms with Crippen LogP contribution in [0.5, 0.6) is 0 Å². The molecule has 3 heteroatoms. The van der Waals surface area contributed by atoms with Crippen LogP contribution in [0.15, 0.2) is 11.4 Å². The van der Waals surface area contributed by atoms with Gasteiger partial charge in [0.2, 0.25) is 0 Å². The lowest BCUT2D eigenvalue weighted by Gasteiger charge is -2.14. The van der Waals surface area contributed by atoms with Gasteiger partial charge in [0.1, 0.15) is 0 Å². The van der Waals surface area contributed by atoms with Crippen LogP contribution >= 0.6 is 11.3 Å². The second kappa shape index (κ2) is 4.74. The minimum atomic E-state index is 0.0219. The summed E-state index contributed by atoms with van der Waals surface area (Å²) in [5.74, 6) is 0. The van der Waals surface area contributed by atoms with Crippen LogP contribution in [-0.4, -0.2) is 12.7 Å². The van der Waals surface area contributed by atoms with Gasteiger partial charge in [0.05, 0.1) is 18.8 Å². The monoisotopic (exact) mass is 199 g/mol. The predicted octanol–water partition coefficient (Wildman–Crippen LogP) is 2.48. The molecule has 1 aromatic rings. The van der Waals surface area contributed by atoms with Crippen LogP contribution in [0, 0.1) is 6.92 Å². The van der Waals surface area contributed by atoms with Gasteiger partial charge in [-0.1, -0.05) is 0 Å². The lowest BCUT2D eigenvalue weighted by molar-refractivity contribution is 0.0683. The zero-order valence-electron chi connectivity index (χ0n) is 8.41. The Balaban J connectivity index is 2.49. The van der Waals surface area contributed by atoms with Gasteiger partial charge >= 0.3 is 0 Å². The van der Waals surface area contributed by atoms with Crippen LogP contribution in [0.3, 0.4) is 0 Å². The van der Waals surface area contributed by atoms with Crippen molar-refractivity contribution >= 4 is 11.3 Å². The first-order valence-electron chi connectivity index (χ1n) is 4.52. The van der Waals surface area contributed by atoms with Crippen molar-refractivity contribution in [1.82, 2.24) is 0 Å². The Hall–Kier alpha value is -0.380. The van der Waals surface area contributed by atoms with E-state index in [4.69, 9.17) is 10.5 Å². The number of rotatable bonds is 4. The first-order valence-corrected chi connectivity index (χ1v) is 5.40. The summed E-state index contributed by atoms with van der Waals surface area (Å²) in [6, 6.07) is 2.10. The van der Waals surface area contributed by atoms with Gasteiger partial charge in [-0.05, 0) is 37.8 Å². The molecule has 1 unspecified atom stereocenters. The van der Waals surface area contributed by atoms with Gasteiger partial charge in [-0.15, -0.1) is 11.3 Å². The lowest BCUT2D eigenvalue weighted by atomic mass is 10.1. The first-order chi connectivity index (χ1) is 6.11. The van der Waals surface area contributed by atoms with Crippen LogP contribution in [0.25, 0.3) is 0 Å². The van der Waals surface area contributed by atoms with E-state index >= 15 is 0 Å². The van der Waals surface area contributed by atoms with Gasteiger partial charge in [-0.3, -0.25) is 0 Å². The van der Waals surface area contributed by atoms with Crippen molar-refractivity contribution in [2.75, 3.05) is 6.61 Å². The molecular weight excluding hydrogens is 182 g/mol. The van der Waals surface area contributed by atoms with Crippen molar-refractivity contribution < 1.29 is 4.74 Å². The Kier molecular flexibility index (Phi) is 3.90. The highest BCUT2D eigenvalue weighted by Gasteiger charge is 2.10. The summed E-state index contributed by atoms with van der Waals surface area (Å²) in [5, 5.41) is 2.07. The zero-order valence-corrected chi connectivity index (χ0v) is 9.23. The van der Waals surface area contributed by atoms with E-state index in [1.165, 1.54) is 10.4 Å². The molecule has 1 rings (SSSR count). The van der Waals surface area contributed by atoms with Crippen LogP contribution in [0.4, 0.5) is 0 Å². The predicted molar refractivity (Wildman–Crippen MR) is 57.1 cm³/mol. The topological polar surface area (TPSA) is 35.2 Å². The largest absolute Gasteiger partial charge is 0.377 e. The molecule has 1 heterocycles. The maximum atomic E-state index is 5.97. The fourth-order valence-corrected chi connectivity index (χ4v) is 1.94. The standard InChI is InChI=1S/C10H17NOS/c1-7(2)12-6-10(11)9-4-5-13-8(9)3/h4-5,7,10H,6,11H2,1-3H3. The van der Waals surface area contributed by atoms with Gasteiger partial charge in [0, 0.05) is 4.88 Å². The van der Waals surface area contributed by atoms with Crippen molar-refractivity contribution in [2.45, 2.75) is 32.9 Å². The third kappa shape index (κ3) is 3.10. The summed E-state index contributed by atoms with van der Waals surface area (Å²) in [4.78, 5) is 1.29. The van der Waals surface area contributed by atoms with E-state index in [0.29, 0.717) is 6.61 Å². The molecule has 74 valence electrons. The van der Waals surface area contributed by atoms with E-state index in [1.807, 2.05) is 13.8 Å². The highest BCUT2D eigenvalue weighted by Crippen LogP contribution is 2.21. The second-order valence-corrected chi connectivity index (χ2v) is 4.54. The van der Waals surface area contributed by atoms with Crippen molar-refractivity contribution in [1.29, 1.82) is 0 Å². The van der Waals surface area contributed by atoms with Crippen molar-refractivity contribution in [3.05, 3.63) is 21.9 Å². The quantitative estimate of drug-likeness (QED) is 0.808. The summed E-state index contributed by atoms with van der Waals surface area (Å²) in [5.41, 5.74) is 7.18. The maximum Gasteiger partial charge on any atom is 0.0663 e. The molecule has 2 nitrogen and oxygen atoms in total. The molecule has 2 N–H and O–H groups in total. The van der Waals surface area contributed by atoms with Crippen LogP contribution in [-0.2, 0) is 4.74 Å². The Morgan fingerprint density at radius 3 is 2.69 bits per heavy atom. The molecule has 0 aliphatic rings. The average molecular weight is 199 g/mol. The molecule has 1 atom stereocenters. The molecule has 0 aliphatic heterocycles. The molecule has 13 heavy (non-hydrogen) atoms. The van der Waals surface area contributed by atoms with Crippen LogP contribution < -0.4 is 5.73 Å². The number of nitrogens with two attached hydrogens (primary N) is 1. The van der Waals surface area contributed by atoms with Crippen molar-refractivity contribution in [3.8, 4) is 0 Å². The molecule has 0 fully saturated rings. The maximum absolute atomic E-state index is 5.97. The third-order valence-electron chi connectivity index (χ3n) is 1.91. The number of hydrogen-bond donors (Lipinski definition) is 1. The second-order valence-electron chi connectivity index (χ2n) is 3.42. The highest BCUT2D eigenvalue weighted by atomic mass is 32.1. The van der Waals surface area contributed by atoms with E-state index in [2.05, 4.69) is 18.4 Å². The SMILES string of the molecule is Cc1sccc1C(N)COC(C)C. The molecular formula is C10H17NOS. The minimum Gasteiger partial charge on any atom is -0.377 e. The minimum absolute atomic E-state index is 0.0219. The zero-order chi connectivity index (χ0) is 9.84. The summed E-state index contributed by atoms with van der Waals surface area (Å²) in [6.45, 7) is 6.74. The highest BCUT2D eigenvalue weighted by molar-refractivity contribution is 7.10. The van der Waals surface area contributed by atoms with Crippen LogP contribution in [0.1, 0.15) is 30.3 Å². The number of ether oxygens (including phenoxy) is 1. The van der Waals surface area contributed by atoms with Crippen molar-refractivity contribution in [3.63, 3.8) is 0 Å². The Labute approximate surface area is 83.7 Å². The molecule has 0 aromatic carbocycles. The molecule has 0 spiro atoms. The van der Waals surface area contributed by atoms with Gasteiger partial charge in [0.15, 0.2) is 0 Å². The van der Waals surface area contributed by atoms with Gasteiger partial charge in [-0.2, -0.15) is 0 Å². The molecule has 0 radical (unpaired) electrons. The van der Waals surface area contributed by atoms with E-state index in [1.54, 1.807) is 11.3 Å². The fraction of sp³-hybridized carbons (Fsp3) is 0.600. The summed E-state index contributed by atoms with van der Waals surface area (Å²) in [6.07, 6.45) is 0.255. The summed E-state index contributed by atoms with van der Waals surface area (Å²) in [7, 11) is 0. The Bertz CT molecular complexity index is 257. The van der Waals surface area contributed by atoms with Gasteiger partial charge in [0.25, 0.3) is 0 Å². The number of thiophene rings is 1. The van der Waals surface area contributed by atoms with Gasteiger partial charge < -0.3 is 10.5 Å². The number of hydrogen-bond acceptors (Lipinski definition) is 3. The average Bonchev–Trinajstić information content (AvgIpc) is 2.47. The lowest BCUT2D eigenvalue weighted by Crippen LogP contribution is -2.19. The number of aryl methyl sites for hydroxylation is 1. The Morgan fingerprint density at radius 2 is 2.23 bits per heavy atom. The van der Waals surface area contributed by atoms with Gasteiger partial charge in [-0.25, -0.2) is 0 Å². The third-order valence-corrected chi connectivity index (χ3v) is 2.77. The van der Waals surface area contributed by atoms with E-state index < -0.39 is 0 Å². The molecule has 0 bridgehead atoms. The first kappa shape index (κ1) is 10.7. The summed E-state index contributed by atoms with van der Waals surface area (Å²) >= 11 is 1.73. The molecule has 1 aromatic heterocycles. The molecule has 0 saturated carbocycles. The molecule has 0 aliphatic carbocycles. The van der Waals surface area contributed by atoms with E-state index in [9.17, 15) is 0 Å². The molecule has 0 amide bonds. The van der Waals surface area contributed by atoms with E-state index in [-0.39, 0.29) is 12.1 Å². The van der Waals surface area contributed by atoms with Crippen LogP contribution in [0.2, 0.25) is 0 Å². The molecule has 0 saturated heterocycles. The fourth-order valence-electron chi connectivity index (χ4n) is 1.17. The summed E-state index contributed by atoms with van der Waals surface area (Å²) < 4.78 is 5.46. The van der Waals surface area contributed by atoms with E-state index in [0.717, 1.165) is 0 Å². The Morgan fingerprint density at radius 1 is 1.54 bits per heavy atom.